The van der Waals surface area contributed by atoms with Crippen LogP contribution >= 0.6 is 11.6 Å². The lowest BCUT2D eigenvalue weighted by Gasteiger charge is -2.26. The summed E-state index contributed by atoms with van der Waals surface area (Å²) in [5.74, 6) is -1.58. The van der Waals surface area contributed by atoms with Crippen LogP contribution in [0.3, 0.4) is 0 Å². The highest BCUT2D eigenvalue weighted by Gasteiger charge is 2.43. The molecular formula is C25H18ClNO3. The number of aliphatic hydroxyl groups excluding tert-OH is 1. The predicted molar refractivity (Wildman–Crippen MR) is 118 cm³/mol. The summed E-state index contributed by atoms with van der Waals surface area (Å²) in [5.41, 5.74) is 2.15. The normalized spacial score (nSPS) is 16.5. The van der Waals surface area contributed by atoms with Crippen molar-refractivity contribution in [1.82, 2.24) is 0 Å². The first-order chi connectivity index (χ1) is 14.6. The summed E-state index contributed by atoms with van der Waals surface area (Å²) in [6.07, 6.45) is 3.04. The molecule has 3 aromatic rings. The third-order valence-electron chi connectivity index (χ3n) is 4.92. The average Bonchev–Trinajstić information content (AvgIpc) is 3.04. The fourth-order valence-electron chi connectivity index (χ4n) is 3.50. The average molecular weight is 416 g/mol. The second kappa shape index (κ2) is 8.39. The van der Waals surface area contributed by atoms with E-state index < -0.39 is 23.5 Å². The fourth-order valence-corrected chi connectivity index (χ4v) is 3.62. The summed E-state index contributed by atoms with van der Waals surface area (Å²) in [7, 11) is 0. The van der Waals surface area contributed by atoms with Crippen LogP contribution in [-0.2, 0) is 9.59 Å². The molecule has 4 rings (SSSR count). The molecule has 148 valence electrons. The zero-order valence-corrected chi connectivity index (χ0v) is 16.7. The van der Waals surface area contributed by atoms with E-state index in [-0.39, 0.29) is 5.57 Å². The van der Waals surface area contributed by atoms with Gasteiger partial charge in [0.25, 0.3) is 5.91 Å². The summed E-state index contributed by atoms with van der Waals surface area (Å²) in [4.78, 5) is 27.5. The Kier molecular flexibility index (Phi) is 5.50. The van der Waals surface area contributed by atoms with Gasteiger partial charge in [-0.3, -0.25) is 14.5 Å². The van der Waals surface area contributed by atoms with Gasteiger partial charge in [-0.2, -0.15) is 0 Å². The number of allylic oxidation sites excluding steroid dienone is 1. The molecule has 0 saturated carbocycles. The van der Waals surface area contributed by atoms with Gasteiger partial charge in [-0.1, -0.05) is 78.3 Å². The highest BCUT2D eigenvalue weighted by molar-refractivity contribution is 6.30. The number of carbonyl (C=O) groups is 2. The minimum absolute atomic E-state index is 0.0401. The molecular weight excluding hydrogens is 398 g/mol. The molecule has 1 unspecified atom stereocenters. The number of rotatable bonds is 5. The maximum atomic E-state index is 13.1. The van der Waals surface area contributed by atoms with Crippen molar-refractivity contribution in [3.8, 4) is 0 Å². The van der Waals surface area contributed by atoms with Gasteiger partial charge < -0.3 is 5.11 Å². The van der Waals surface area contributed by atoms with E-state index in [1.54, 1.807) is 54.6 Å². The van der Waals surface area contributed by atoms with E-state index in [1.807, 2.05) is 36.4 Å². The quantitative estimate of drug-likeness (QED) is 0.558. The molecule has 0 spiro atoms. The molecule has 0 saturated heterocycles. The lowest BCUT2D eigenvalue weighted by Crippen LogP contribution is -2.30. The first-order valence-electron chi connectivity index (χ1n) is 9.41. The Bertz CT molecular complexity index is 1140. The van der Waals surface area contributed by atoms with E-state index in [2.05, 4.69) is 0 Å². The molecule has 0 fully saturated rings. The summed E-state index contributed by atoms with van der Waals surface area (Å²) < 4.78 is 0. The third kappa shape index (κ3) is 3.78. The fraction of sp³-hybridized carbons (Fsp3) is 0.0400. The van der Waals surface area contributed by atoms with Crippen LogP contribution < -0.4 is 4.90 Å². The molecule has 1 aliphatic heterocycles. The zero-order valence-electron chi connectivity index (χ0n) is 15.9. The predicted octanol–water partition coefficient (Wildman–Crippen LogP) is 5.52. The number of amides is 1. The van der Waals surface area contributed by atoms with Crippen molar-refractivity contribution < 1.29 is 14.7 Å². The van der Waals surface area contributed by atoms with Crippen LogP contribution in [0.15, 0.2) is 102 Å². The number of hydrogen-bond donors (Lipinski definition) is 1. The van der Waals surface area contributed by atoms with Gasteiger partial charge in [-0.15, -0.1) is 0 Å². The lowest BCUT2D eigenvalue weighted by molar-refractivity contribution is -0.117. The van der Waals surface area contributed by atoms with Crippen LogP contribution in [0, 0.1) is 0 Å². The van der Waals surface area contributed by atoms with Crippen LogP contribution in [0.4, 0.5) is 5.69 Å². The van der Waals surface area contributed by atoms with E-state index in [0.29, 0.717) is 16.3 Å². The van der Waals surface area contributed by atoms with Crippen molar-refractivity contribution >= 4 is 35.1 Å². The second-order valence-corrected chi connectivity index (χ2v) is 7.27. The van der Waals surface area contributed by atoms with Gasteiger partial charge in [0.1, 0.15) is 0 Å². The van der Waals surface area contributed by atoms with Crippen LogP contribution in [-0.4, -0.2) is 16.8 Å². The van der Waals surface area contributed by atoms with Gasteiger partial charge >= 0.3 is 0 Å². The van der Waals surface area contributed by atoms with Crippen LogP contribution in [0.1, 0.15) is 17.2 Å². The number of hydrogen-bond acceptors (Lipinski definition) is 3. The molecule has 1 aliphatic rings. The van der Waals surface area contributed by atoms with Gasteiger partial charge in [-0.25, -0.2) is 0 Å². The molecule has 0 bridgehead atoms. The van der Waals surface area contributed by atoms with Crippen LogP contribution in [0.25, 0.3) is 6.08 Å². The molecule has 1 heterocycles. The number of carbonyl (C=O) groups excluding carboxylic acids is 2. The Morgan fingerprint density at radius 2 is 1.50 bits per heavy atom. The summed E-state index contributed by atoms with van der Waals surface area (Å²) in [6.45, 7) is 0. The number of para-hydroxylation sites is 1. The van der Waals surface area contributed by atoms with E-state index in [0.717, 1.165) is 5.56 Å². The summed E-state index contributed by atoms with van der Waals surface area (Å²) in [6, 6.07) is 24.5. The van der Waals surface area contributed by atoms with E-state index in [1.165, 1.54) is 11.0 Å². The standard InChI is InChI=1S/C25H18ClNO3/c26-19-14-12-18(13-15-19)23-22(21(28)16-11-17-7-3-1-4-8-17)24(29)25(30)27(23)20-9-5-2-6-10-20/h1-16,23,29H. The molecule has 1 amide bonds. The number of anilines is 1. The topological polar surface area (TPSA) is 57.6 Å². The van der Waals surface area contributed by atoms with Crippen molar-refractivity contribution in [3.05, 3.63) is 118 Å². The van der Waals surface area contributed by atoms with Gasteiger partial charge in [0.05, 0.1) is 11.6 Å². The van der Waals surface area contributed by atoms with Gasteiger partial charge in [0.15, 0.2) is 11.5 Å². The Balaban J connectivity index is 1.78. The van der Waals surface area contributed by atoms with Crippen LogP contribution in [0.5, 0.6) is 0 Å². The number of halogens is 1. The first-order valence-corrected chi connectivity index (χ1v) is 9.78. The molecule has 4 nitrogen and oxygen atoms in total. The van der Waals surface area contributed by atoms with Crippen molar-refractivity contribution in [2.24, 2.45) is 0 Å². The minimum atomic E-state index is -0.759. The molecule has 3 aromatic carbocycles. The Morgan fingerprint density at radius 1 is 0.900 bits per heavy atom. The molecule has 1 atom stereocenters. The summed E-state index contributed by atoms with van der Waals surface area (Å²) >= 11 is 6.03. The summed E-state index contributed by atoms with van der Waals surface area (Å²) in [5, 5.41) is 11.2. The highest BCUT2D eigenvalue weighted by Crippen LogP contribution is 2.41. The maximum absolute atomic E-state index is 13.1. The van der Waals surface area contributed by atoms with Gasteiger partial charge in [0.2, 0.25) is 0 Å². The van der Waals surface area contributed by atoms with E-state index in [4.69, 9.17) is 11.6 Å². The zero-order chi connectivity index (χ0) is 21.1. The highest BCUT2D eigenvalue weighted by atomic mass is 35.5. The lowest BCUT2D eigenvalue weighted by atomic mass is 9.95. The molecule has 0 radical (unpaired) electrons. The van der Waals surface area contributed by atoms with E-state index in [9.17, 15) is 14.7 Å². The number of benzene rings is 3. The number of nitrogens with zero attached hydrogens (tertiary/aromatic N) is 1. The van der Waals surface area contributed by atoms with Gasteiger partial charge in [-0.05, 0) is 41.5 Å². The number of ketones is 1. The van der Waals surface area contributed by atoms with Crippen molar-refractivity contribution in [1.29, 1.82) is 0 Å². The third-order valence-corrected chi connectivity index (χ3v) is 5.17. The molecule has 1 N–H and O–H groups in total. The Morgan fingerprint density at radius 3 is 2.13 bits per heavy atom. The van der Waals surface area contributed by atoms with Gasteiger partial charge in [0, 0.05) is 10.7 Å². The minimum Gasteiger partial charge on any atom is -0.503 e. The SMILES string of the molecule is O=C(C=Cc1ccccc1)C1=C(O)C(=O)N(c2ccccc2)C1c1ccc(Cl)cc1. The monoisotopic (exact) mass is 415 g/mol. The van der Waals surface area contributed by atoms with E-state index >= 15 is 0 Å². The second-order valence-electron chi connectivity index (χ2n) is 6.84. The molecule has 0 aliphatic carbocycles. The maximum Gasteiger partial charge on any atom is 0.294 e. The number of aliphatic hydroxyl groups is 1. The Hall–Kier alpha value is -3.63. The smallest absolute Gasteiger partial charge is 0.294 e. The largest absolute Gasteiger partial charge is 0.503 e. The van der Waals surface area contributed by atoms with Crippen LogP contribution in [0.2, 0.25) is 5.02 Å². The van der Waals surface area contributed by atoms with Crippen molar-refractivity contribution in [2.75, 3.05) is 4.90 Å². The van der Waals surface area contributed by atoms with Crippen molar-refractivity contribution in [3.63, 3.8) is 0 Å². The van der Waals surface area contributed by atoms with Crippen molar-refractivity contribution in [2.45, 2.75) is 6.04 Å². The Labute approximate surface area is 179 Å². The molecule has 0 aromatic heterocycles. The molecule has 5 heteroatoms. The first kappa shape index (κ1) is 19.7. The molecule has 30 heavy (non-hydrogen) atoms.